The lowest BCUT2D eigenvalue weighted by Gasteiger charge is -2.08. The summed E-state index contributed by atoms with van der Waals surface area (Å²) < 4.78 is 48.8. The zero-order chi connectivity index (χ0) is 22.6. The van der Waals surface area contributed by atoms with Gasteiger partial charge in [-0.1, -0.05) is 48.5 Å². The van der Waals surface area contributed by atoms with Crippen LogP contribution >= 0.6 is 0 Å². The summed E-state index contributed by atoms with van der Waals surface area (Å²) in [6.07, 6.45) is 1.18. The maximum atomic E-state index is 12.8. The molecular formula is C23H19NO5S2. The molecular weight excluding hydrogens is 434 g/mol. The van der Waals surface area contributed by atoms with Crippen LogP contribution in [-0.4, -0.2) is 28.9 Å². The van der Waals surface area contributed by atoms with Crippen molar-refractivity contribution in [3.8, 4) is 0 Å². The van der Waals surface area contributed by atoms with Gasteiger partial charge >= 0.3 is 0 Å². The number of carbonyl (C=O) groups is 1. The predicted molar refractivity (Wildman–Crippen MR) is 118 cm³/mol. The summed E-state index contributed by atoms with van der Waals surface area (Å²) in [5, 5.41) is 0. The summed E-state index contributed by atoms with van der Waals surface area (Å²) in [6, 6.07) is 18.2. The number of Topliss-reactive ketones (excluding diaryl/α,β-unsaturated/α-hetero) is 1. The van der Waals surface area contributed by atoms with Crippen LogP contribution in [-0.2, 0) is 31.8 Å². The van der Waals surface area contributed by atoms with E-state index in [1.54, 1.807) is 30.3 Å². The van der Waals surface area contributed by atoms with E-state index in [1.165, 1.54) is 42.5 Å². The summed E-state index contributed by atoms with van der Waals surface area (Å²) in [5.41, 5.74) is 1.94. The van der Waals surface area contributed by atoms with Gasteiger partial charge in [-0.15, -0.1) is 0 Å². The average molecular weight is 454 g/mol. The molecule has 0 fully saturated rings. The summed E-state index contributed by atoms with van der Waals surface area (Å²) in [6.45, 7) is 6.96. The molecule has 0 bridgehead atoms. The van der Waals surface area contributed by atoms with Crippen molar-refractivity contribution in [2.24, 2.45) is 0 Å². The van der Waals surface area contributed by atoms with Gasteiger partial charge < -0.3 is 0 Å². The van der Waals surface area contributed by atoms with Crippen LogP contribution in [0.3, 0.4) is 0 Å². The molecule has 0 radical (unpaired) electrons. The zero-order valence-corrected chi connectivity index (χ0v) is 18.3. The number of sulfone groups is 2. The van der Waals surface area contributed by atoms with E-state index in [0.29, 0.717) is 11.3 Å². The molecule has 0 heterocycles. The summed E-state index contributed by atoms with van der Waals surface area (Å²) in [7, 11) is -7.10. The Bertz CT molecular complexity index is 1370. The third kappa shape index (κ3) is 5.66. The van der Waals surface area contributed by atoms with Gasteiger partial charge in [0.1, 0.15) is 0 Å². The number of nitrogens with zero attached hydrogens (tertiary/aromatic N) is 1. The van der Waals surface area contributed by atoms with Gasteiger partial charge in [0.25, 0.3) is 0 Å². The number of ketones is 1. The van der Waals surface area contributed by atoms with Gasteiger partial charge in [0.05, 0.1) is 22.1 Å². The topological polar surface area (TPSA) is 89.7 Å². The van der Waals surface area contributed by atoms with Crippen LogP contribution in [0.2, 0.25) is 0 Å². The molecule has 3 aromatic rings. The fourth-order valence-corrected chi connectivity index (χ4v) is 5.00. The lowest BCUT2D eigenvalue weighted by atomic mass is 10.0. The Morgan fingerprint density at radius 2 is 1.45 bits per heavy atom. The van der Waals surface area contributed by atoms with Crippen molar-refractivity contribution in [3.63, 3.8) is 0 Å². The second kappa shape index (κ2) is 8.84. The van der Waals surface area contributed by atoms with Crippen LogP contribution in [0.4, 0.5) is 5.69 Å². The van der Waals surface area contributed by atoms with Crippen LogP contribution in [0.1, 0.15) is 21.5 Å². The molecule has 0 aliphatic rings. The smallest absolute Gasteiger partial charge is 0.187 e. The van der Waals surface area contributed by atoms with Crippen LogP contribution in [0.5, 0.6) is 0 Å². The third-order valence-corrected chi connectivity index (χ3v) is 7.47. The second-order valence-corrected chi connectivity index (χ2v) is 11.1. The summed E-state index contributed by atoms with van der Waals surface area (Å²) in [5.74, 6) is -0.544. The molecule has 0 saturated heterocycles. The molecule has 0 amide bonds. The molecule has 31 heavy (non-hydrogen) atoms. The minimum Gasteiger partial charge on any atom is -0.294 e. The van der Waals surface area contributed by atoms with Crippen molar-refractivity contribution in [2.45, 2.75) is 22.0 Å². The molecule has 6 nitrogen and oxygen atoms in total. The maximum absolute atomic E-state index is 12.8. The highest BCUT2D eigenvalue weighted by Gasteiger charge is 2.18. The van der Waals surface area contributed by atoms with Gasteiger partial charge in [-0.2, -0.15) is 0 Å². The van der Waals surface area contributed by atoms with Crippen molar-refractivity contribution >= 4 is 31.1 Å². The number of hydrogen-bond donors (Lipinski definition) is 0. The van der Waals surface area contributed by atoms with E-state index in [-0.39, 0.29) is 33.3 Å². The molecule has 0 saturated carbocycles. The minimum absolute atomic E-state index is 0.0221. The molecule has 0 unspecified atom stereocenters. The Morgan fingerprint density at radius 3 is 2.03 bits per heavy atom. The molecule has 0 spiro atoms. The van der Waals surface area contributed by atoms with E-state index in [4.69, 9.17) is 6.57 Å². The SMILES string of the molecule is [C-]#[N+]c1ccc(CC(=O)c2cccc(S(=O)(=O)Cc3ccc(S(C)(=O)=O)cc3)c2)cc1. The van der Waals surface area contributed by atoms with Crippen LogP contribution in [0, 0.1) is 6.57 Å². The van der Waals surface area contributed by atoms with Crippen molar-refractivity contribution in [2.75, 3.05) is 6.26 Å². The predicted octanol–water partition coefficient (Wildman–Crippen LogP) is 4.04. The first-order valence-corrected chi connectivity index (χ1v) is 12.7. The van der Waals surface area contributed by atoms with Gasteiger partial charge in [-0.05, 0) is 35.4 Å². The largest absolute Gasteiger partial charge is 0.294 e. The molecule has 0 N–H and O–H groups in total. The Hall–Kier alpha value is -3.28. The normalized spacial score (nSPS) is 11.6. The van der Waals surface area contributed by atoms with Gasteiger partial charge in [0.2, 0.25) is 0 Å². The molecule has 0 aliphatic carbocycles. The summed E-state index contributed by atoms with van der Waals surface area (Å²) >= 11 is 0. The van der Waals surface area contributed by atoms with Crippen LogP contribution in [0.15, 0.2) is 82.6 Å². The van der Waals surface area contributed by atoms with E-state index < -0.39 is 19.7 Å². The Balaban J connectivity index is 1.79. The first-order chi connectivity index (χ1) is 14.6. The van der Waals surface area contributed by atoms with Gasteiger partial charge in [-0.25, -0.2) is 21.7 Å². The fraction of sp³-hybridized carbons (Fsp3) is 0.130. The Kier molecular flexibility index (Phi) is 6.39. The van der Waals surface area contributed by atoms with E-state index >= 15 is 0 Å². The van der Waals surface area contributed by atoms with E-state index in [2.05, 4.69) is 4.85 Å². The summed E-state index contributed by atoms with van der Waals surface area (Å²) in [4.78, 5) is 16.1. The van der Waals surface area contributed by atoms with Crippen molar-refractivity contribution in [1.82, 2.24) is 0 Å². The molecule has 158 valence electrons. The molecule has 3 aromatic carbocycles. The van der Waals surface area contributed by atoms with Gasteiger partial charge in [0, 0.05) is 18.2 Å². The molecule has 0 aromatic heterocycles. The number of carbonyl (C=O) groups excluding carboxylic acids is 1. The highest BCUT2D eigenvalue weighted by molar-refractivity contribution is 7.91. The zero-order valence-electron chi connectivity index (χ0n) is 16.6. The lowest BCUT2D eigenvalue weighted by molar-refractivity contribution is 0.0992. The third-order valence-electron chi connectivity index (χ3n) is 4.65. The second-order valence-electron chi connectivity index (χ2n) is 7.08. The van der Waals surface area contributed by atoms with E-state index in [1.807, 2.05) is 0 Å². The van der Waals surface area contributed by atoms with E-state index in [9.17, 15) is 21.6 Å². The van der Waals surface area contributed by atoms with Crippen molar-refractivity contribution < 1.29 is 21.6 Å². The van der Waals surface area contributed by atoms with Crippen LogP contribution < -0.4 is 0 Å². The van der Waals surface area contributed by atoms with Gasteiger partial charge in [-0.3, -0.25) is 4.79 Å². The van der Waals surface area contributed by atoms with Crippen LogP contribution in [0.25, 0.3) is 4.85 Å². The van der Waals surface area contributed by atoms with E-state index in [0.717, 1.165) is 11.8 Å². The molecule has 8 heteroatoms. The Morgan fingerprint density at radius 1 is 0.839 bits per heavy atom. The first kappa shape index (κ1) is 22.4. The quantitative estimate of drug-likeness (QED) is 0.398. The number of rotatable bonds is 7. The average Bonchev–Trinajstić information content (AvgIpc) is 2.74. The highest BCUT2D eigenvalue weighted by atomic mass is 32.2. The molecule has 3 rings (SSSR count). The molecule has 0 aliphatic heterocycles. The highest BCUT2D eigenvalue weighted by Crippen LogP contribution is 2.21. The molecule has 0 atom stereocenters. The number of hydrogen-bond acceptors (Lipinski definition) is 5. The minimum atomic E-state index is -3.73. The van der Waals surface area contributed by atoms with Crippen molar-refractivity contribution in [3.05, 3.63) is 101 Å². The lowest BCUT2D eigenvalue weighted by Crippen LogP contribution is -2.08. The monoisotopic (exact) mass is 453 g/mol. The van der Waals surface area contributed by atoms with Gasteiger partial charge in [0.15, 0.2) is 31.1 Å². The number of benzene rings is 3. The standard InChI is InChI=1S/C23H19NO5S2/c1-24-20-10-6-17(7-11-20)14-23(25)19-4-3-5-22(15-19)31(28,29)16-18-8-12-21(13-9-18)30(2,26)27/h3-13,15H,14,16H2,2H3. The first-order valence-electron chi connectivity index (χ1n) is 9.20. The maximum Gasteiger partial charge on any atom is 0.187 e. The fourth-order valence-electron chi connectivity index (χ4n) is 2.97. The van der Waals surface area contributed by atoms with Crippen molar-refractivity contribution in [1.29, 1.82) is 0 Å². The Labute approximate surface area is 181 Å².